The molecule has 1 aromatic heterocycles. The molecule has 220 valence electrons. The quantitative estimate of drug-likeness (QED) is 0.330. The van der Waals surface area contributed by atoms with Crippen LogP contribution in [0.5, 0.6) is 5.75 Å². The van der Waals surface area contributed by atoms with Gasteiger partial charge in [-0.05, 0) is 49.1 Å². The van der Waals surface area contributed by atoms with Crippen molar-refractivity contribution in [3.63, 3.8) is 0 Å². The zero-order valence-corrected chi connectivity index (χ0v) is 25.5. The van der Waals surface area contributed by atoms with E-state index in [1.54, 1.807) is 11.3 Å². The van der Waals surface area contributed by atoms with Crippen LogP contribution in [0, 0.1) is 17.7 Å². The standard InChI is InChI=1S/C31H38FN3O4S2/c1-4-23-24-7-5-8-26(34-21-10-12-22(13-11-21)35-15-17-39-18-16-35)31(24)40-29(23)9-6-14-33-27-19-25(32)30(41(3,36)37)20-28(27)38-2/h5,7-8,19-22,33-34H,4,10-18H2,1-3H3. The maximum Gasteiger partial charge on any atom is 0.178 e. The zero-order valence-electron chi connectivity index (χ0n) is 23.9. The molecule has 5 rings (SSSR count). The van der Waals surface area contributed by atoms with Gasteiger partial charge < -0.3 is 20.1 Å². The number of morpholine rings is 1. The van der Waals surface area contributed by atoms with Crippen LogP contribution in [0.4, 0.5) is 15.8 Å². The maximum absolute atomic E-state index is 14.4. The Morgan fingerprint density at radius 1 is 1.15 bits per heavy atom. The molecule has 7 nitrogen and oxygen atoms in total. The summed E-state index contributed by atoms with van der Waals surface area (Å²) in [6.45, 7) is 6.21. The third-order valence-electron chi connectivity index (χ3n) is 8.01. The van der Waals surface area contributed by atoms with Gasteiger partial charge in [0.05, 0.1) is 47.8 Å². The van der Waals surface area contributed by atoms with Crippen molar-refractivity contribution >= 4 is 42.6 Å². The summed E-state index contributed by atoms with van der Waals surface area (Å²) in [6, 6.07) is 9.94. The van der Waals surface area contributed by atoms with Crippen molar-refractivity contribution in [3.05, 3.63) is 46.6 Å². The van der Waals surface area contributed by atoms with E-state index >= 15 is 0 Å². The van der Waals surface area contributed by atoms with Crippen LogP contribution in [0.15, 0.2) is 35.2 Å². The first-order valence-electron chi connectivity index (χ1n) is 14.2. The summed E-state index contributed by atoms with van der Waals surface area (Å²) in [5, 5.41) is 8.15. The second kappa shape index (κ2) is 13.0. The van der Waals surface area contributed by atoms with Crippen LogP contribution in [0.1, 0.15) is 43.0 Å². The summed E-state index contributed by atoms with van der Waals surface area (Å²) in [5.74, 6) is 5.90. The third kappa shape index (κ3) is 6.81. The van der Waals surface area contributed by atoms with Crippen molar-refractivity contribution in [1.29, 1.82) is 0 Å². The lowest BCUT2D eigenvalue weighted by atomic mass is 9.89. The molecule has 0 spiro atoms. The predicted octanol–water partition coefficient (Wildman–Crippen LogP) is 5.53. The average molecular weight is 600 g/mol. The minimum atomic E-state index is -3.71. The number of sulfone groups is 1. The van der Waals surface area contributed by atoms with E-state index < -0.39 is 20.5 Å². The number of halogens is 1. The molecule has 2 aromatic carbocycles. The second-order valence-electron chi connectivity index (χ2n) is 10.7. The normalized spacial score (nSPS) is 19.9. The van der Waals surface area contributed by atoms with Gasteiger partial charge in [-0.15, -0.1) is 11.3 Å². The van der Waals surface area contributed by atoms with Crippen molar-refractivity contribution in [2.24, 2.45) is 0 Å². The van der Waals surface area contributed by atoms with E-state index in [0.29, 0.717) is 17.8 Å². The van der Waals surface area contributed by atoms with Crippen molar-refractivity contribution in [2.75, 3.05) is 56.8 Å². The lowest BCUT2D eigenvalue weighted by Crippen LogP contribution is -2.46. The number of hydrogen-bond acceptors (Lipinski definition) is 8. The Morgan fingerprint density at radius 2 is 1.90 bits per heavy atom. The fourth-order valence-electron chi connectivity index (χ4n) is 5.87. The Hall–Kier alpha value is -2.84. The highest BCUT2D eigenvalue weighted by Crippen LogP contribution is 2.38. The van der Waals surface area contributed by atoms with Gasteiger partial charge in [-0.25, -0.2) is 12.8 Å². The molecule has 10 heteroatoms. The Morgan fingerprint density at radius 3 is 2.59 bits per heavy atom. The lowest BCUT2D eigenvalue weighted by Gasteiger charge is -2.39. The van der Waals surface area contributed by atoms with Gasteiger partial charge in [0.25, 0.3) is 0 Å². The van der Waals surface area contributed by atoms with Gasteiger partial charge in [0.1, 0.15) is 16.5 Å². The smallest absolute Gasteiger partial charge is 0.178 e. The van der Waals surface area contributed by atoms with Crippen LogP contribution in [0.25, 0.3) is 10.1 Å². The van der Waals surface area contributed by atoms with E-state index in [-0.39, 0.29) is 12.3 Å². The largest absolute Gasteiger partial charge is 0.495 e. The molecule has 0 bridgehead atoms. The molecule has 2 N–H and O–H groups in total. The Balaban J connectivity index is 1.28. The summed E-state index contributed by atoms with van der Waals surface area (Å²) in [7, 11) is -2.29. The summed E-state index contributed by atoms with van der Waals surface area (Å²) in [5.41, 5.74) is 2.77. The highest BCUT2D eigenvalue weighted by Gasteiger charge is 2.27. The minimum absolute atomic E-state index is 0.249. The van der Waals surface area contributed by atoms with Gasteiger partial charge in [-0.3, -0.25) is 4.90 Å². The first-order chi connectivity index (χ1) is 19.8. The molecule has 0 unspecified atom stereocenters. The second-order valence-corrected chi connectivity index (χ2v) is 13.7. The van der Waals surface area contributed by atoms with Crippen LogP contribution in [0.2, 0.25) is 0 Å². The summed E-state index contributed by atoms with van der Waals surface area (Å²) >= 11 is 1.71. The number of anilines is 2. The van der Waals surface area contributed by atoms with E-state index in [1.807, 2.05) is 0 Å². The average Bonchev–Trinajstić information content (AvgIpc) is 3.34. The molecule has 3 aromatic rings. The Bertz CT molecular complexity index is 1550. The molecule has 1 saturated heterocycles. The first-order valence-corrected chi connectivity index (χ1v) is 16.9. The van der Waals surface area contributed by atoms with Crippen LogP contribution in [0.3, 0.4) is 0 Å². The van der Waals surface area contributed by atoms with Crippen molar-refractivity contribution in [3.8, 4) is 17.6 Å². The van der Waals surface area contributed by atoms with Gasteiger partial charge >= 0.3 is 0 Å². The molecule has 41 heavy (non-hydrogen) atoms. The number of ether oxygens (including phenoxy) is 2. The number of hydrogen-bond donors (Lipinski definition) is 2. The van der Waals surface area contributed by atoms with Crippen molar-refractivity contribution in [1.82, 2.24) is 4.90 Å². The van der Waals surface area contributed by atoms with E-state index in [1.165, 1.54) is 47.4 Å². The zero-order chi connectivity index (χ0) is 29.0. The van der Waals surface area contributed by atoms with Crippen LogP contribution in [-0.4, -0.2) is 71.6 Å². The predicted molar refractivity (Wildman–Crippen MR) is 165 cm³/mol. The molecule has 1 saturated carbocycles. The minimum Gasteiger partial charge on any atom is -0.495 e. The van der Waals surface area contributed by atoms with Gasteiger partial charge in [0, 0.05) is 43.6 Å². The van der Waals surface area contributed by atoms with Gasteiger partial charge in [-0.2, -0.15) is 0 Å². The molecular weight excluding hydrogens is 561 g/mol. The molecular formula is C31H38FN3O4S2. The number of nitrogens with one attached hydrogen (secondary N) is 2. The molecule has 2 aliphatic rings. The Labute approximate surface area is 246 Å². The lowest BCUT2D eigenvalue weighted by molar-refractivity contribution is 0.00791. The molecule has 2 heterocycles. The third-order valence-corrected chi connectivity index (χ3v) is 10.3. The van der Waals surface area contributed by atoms with E-state index in [0.717, 1.165) is 62.8 Å². The molecule has 0 amide bonds. The number of methoxy groups -OCH3 is 1. The summed E-state index contributed by atoms with van der Waals surface area (Å²) in [6.07, 6.45) is 6.60. The number of rotatable bonds is 8. The van der Waals surface area contributed by atoms with Crippen LogP contribution >= 0.6 is 11.3 Å². The summed E-state index contributed by atoms with van der Waals surface area (Å²) in [4.78, 5) is 3.24. The fraction of sp³-hybridized carbons (Fsp3) is 0.484. The monoisotopic (exact) mass is 599 g/mol. The number of aryl methyl sites for hydroxylation is 1. The molecule has 0 atom stereocenters. The van der Waals surface area contributed by atoms with Gasteiger partial charge in [0.2, 0.25) is 0 Å². The summed E-state index contributed by atoms with van der Waals surface area (Å²) < 4.78 is 50.2. The van der Waals surface area contributed by atoms with Crippen LogP contribution < -0.4 is 15.4 Å². The van der Waals surface area contributed by atoms with Gasteiger partial charge in [0.15, 0.2) is 9.84 Å². The van der Waals surface area contributed by atoms with E-state index in [4.69, 9.17) is 9.47 Å². The number of fused-ring (bicyclic) bond motifs is 1. The first kappa shape index (κ1) is 29.6. The molecule has 1 aliphatic heterocycles. The van der Waals surface area contributed by atoms with Crippen LogP contribution in [-0.2, 0) is 21.0 Å². The number of thiophene rings is 1. The number of nitrogens with zero attached hydrogens (tertiary/aromatic N) is 1. The SMILES string of the molecule is CCc1c(C#CCNc2cc(F)c(S(C)(=O)=O)cc2OC)sc2c(NC3CCC(N4CCOCC4)CC3)cccc12. The fourth-order valence-corrected chi connectivity index (χ4v) is 7.85. The molecule has 2 fully saturated rings. The molecule has 0 radical (unpaired) electrons. The van der Waals surface area contributed by atoms with Crippen molar-refractivity contribution < 1.29 is 22.3 Å². The highest BCUT2D eigenvalue weighted by atomic mass is 32.2. The van der Waals surface area contributed by atoms with Gasteiger partial charge in [-0.1, -0.05) is 30.9 Å². The topological polar surface area (TPSA) is 79.9 Å². The Kier molecular flexibility index (Phi) is 9.39. The van der Waals surface area contributed by atoms with E-state index in [9.17, 15) is 12.8 Å². The van der Waals surface area contributed by atoms with Crippen molar-refractivity contribution in [2.45, 2.75) is 56.0 Å². The molecule has 1 aliphatic carbocycles. The van der Waals surface area contributed by atoms with E-state index in [2.05, 4.69) is 52.5 Å². The highest BCUT2D eigenvalue weighted by molar-refractivity contribution is 7.90. The maximum atomic E-state index is 14.4. The number of benzene rings is 2.